The lowest BCUT2D eigenvalue weighted by Crippen LogP contribution is -3.00. The van der Waals surface area contributed by atoms with Crippen molar-refractivity contribution in [2.45, 2.75) is 6.54 Å². The van der Waals surface area contributed by atoms with Crippen molar-refractivity contribution in [3.8, 4) is 0 Å². The van der Waals surface area contributed by atoms with Gasteiger partial charge < -0.3 is 48.0 Å². The maximum Gasteiger partial charge on any atom is 0.211 e. The van der Waals surface area contributed by atoms with E-state index < -0.39 is 0 Å². The summed E-state index contributed by atoms with van der Waals surface area (Å²) in [5, 5.41) is 0. The maximum absolute atomic E-state index is 2.22. The Bertz CT molecular complexity index is 642. The molecule has 3 heterocycles. The highest BCUT2D eigenvalue weighted by Crippen LogP contribution is 2.01. The number of hydrogen-bond acceptors (Lipinski definition) is 0. The number of nitrogens with zero attached hydrogens (tertiary/aromatic N) is 2. The fourth-order valence-electron chi connectivity index (χ4n) is 1.99. The zero-order valence-electron chi connectivity index (χ0n) is 10.3. The predicted molar refractivity (Wildman–Crippen MR) is 65.3 cm³/mol. The van der Waals surface area contributed by atoms with Crippen molar-refractivity contribution >= 4 is 5.52 Å². The number of hydrogen-bond donors (Lipinski definition) is 0. The Hall–Kier alpha value is -0.760. The Morgan fingerprint density at radius 2 is 1.47 bits per heavy atom. The summed E-state index contributed by atoms with van der Waals surface area (Å²) in [5.74, 6) is 0. The molecule has 0 unspecified atom stereocenters. The van der Waals surface area contributed by atoms with Crippen LogP contribution in [0.15, 0.2) is 73.3 Å². The summed E-state index contributed by atoms with van der Waals surface area (Å²) in [6, 6.07) is 16.7. The first-order chi connectivity index (χ1) is 8.42. The van der Waals surface area contributed by atoms with Gasteiger partial charge in [-0.2, -0.15) is 4.40 Å². The second kappa shape index (κ2) is 7.74. The van der Waals surface area contributed by atoms with Gasteiger partial charge in [0.05, 0.1) is 0 Å². The number of rotatable bonds is 2. The Labute approximate surface area is 147 Å². The van der Waals surface area contributed by atoms with Crippen LogP contribution in [0.3, 0.4) is 0 Å². The molecule has 19 heavy (non-hydrogen) atoms. The lowest BCUT2D eigenvalue weighted by atomic mass is 10.2. The van der Waals surface area contributed by atoms with E-state index in [1.807, 2.05) is 12.1 Å². The van der Waals surface area contributed by atoms with Gasteiger partial charge in [0, 0.05) is 42.0 Å². The van der Waals surface area contributed by atoms with Crippen molar-refractivity contribution in [1.82, 2.24) is 0 Å². The quantitative estimate of drug-likeness (QED) is 0.262. The molecule has 0 fully saturated rings. The minimum atomic E-state index is 0. The third-order valence-electron chi connectivity index (χ3n) is 2.85. The lowest BCUT2D eigenvalue weighted by Gasteiger charge is -1.97. The highest BCUT2D eigenvalue weighted by molar-refractivity contribution is 5.40. The second-order valence-corrected chi connectivity index (χ2v) is 4.12. The van der Waals surface area contributed by atoms with Crippen LogP contribution in [0.2, 0.25) is 0 Å². The molecule has 4 heteroatoms. The standard InChI is InChI=1S/C15H14N2.2HI/c1-3-8-16(9-4-1)13-14-7-11-17-10-5-2-6-15(17)12-14;;/h1-12H,13H2;2*1H/q+2;;/p-2. The van der Waals surface area contributed by atoms with Gasteiger partial charge in [0.25, 0.3) is 0 Å². The molecule has 3 aromatic heterocycles. The van der Waals surface area contributed by atoms with Crippen molar-refractivity contribution in [2.24, 2.45) is 0 Å². The molecule has 0 atom stereocenters. The molecule has 0 aromatic carbocycles. The summed E-state index contributed by atoms with van der Waals surface area (Å²) in [6.07, 6.45) is 8.34. The summed E-state index contributed by atoms with van der Waals surface area (Å²) < 4.78 is 4.30. The minimum Gasteiger partial charge on any atom is -1.00 e. The smallest absolute Gasteiger partial charge is 0.211 e. The van der Waals surface area contributed by atoms with Gasteiger partial charge in [-0.3, -0.25) is 0 Å². The number of pyridine rings is 3. The Kier molecular flexibility index (Phi) is 6.64. The summed E-state index contributed by atoms with van der Waals surface area (Å²) in [7, 11) is 0. The van der Waals surface area contributed by atoms with Crippen LogP contribution in [0.1, 0.15) is 5.56 Å². The molecule has 0 spiro atoms. The van der Waals surface area contributed by atoms with Crippen LogP contribution >= 0.6 is 0 Å². The molecule has 0 radical (unpaired) electrons. The Balaban J connectivity index is 0.000000902. The average molecular weight is 476 g/mol. The van der Waals surface area contributed by atoms with Gasteiger partial charge in [-0.15, -0.1) is 0 Å². The van der Waals surface area contributed by atoms with Crippen LogP contribution in [0.4, 0.5) is 0 Å². The monoisotopic (exact) mass is 476 g/mol. The first-order valence-electron chi connectivity index (χ1n) is 5.75. The molecule has 0 aliphatic heterocycles. The van der Waals surface area contributed by atoms with Crippen molar-refractivity contribution < 1.29 is 56.9 Å². The molecule has 0 amide bonds. The first-order valence-corrected chi connectivity index (χ1v) is 5.75. The van der Waals surface area contributed by atoms with Crippen LogP contribution in [0.5, 0.6) is 0 Å². The van der Waals surface area contributed by atoms with E-state index in [1.165, 1.54) is 11.1 Å². The minimum absolute atomic E-state index is 0. The Morgan fingerprint density at radius 1 is 0.737 bits per heavy atom. The first kappa shape index (κ1) is 16.3. The second-order valence-electron chi connectivity index (χ2n) is 4.12. The van der Waals surface area contributed by atoms with Gasteiger partial charge >= 0.3 is 0 Å². The molecule has 3 aromatic rings. The third kappa shape index (κ3) is 4.10. The van der Waals surface area contributed by atoms with E-state index in [0.29, 0.717) is 0 Å². The number of halogens is 2. The van der Waals surface area contributed by atoms with Crippen LogP contribution in [-0.4, -0.2) is 0 Å². The van der Waals surface area contributed by atoms with Crippen LogP contribution in [0.25, 0.3) is 5.52 Å². The highest BCUT2D eigenvalue weighted by Gasteiger charge is 2.06. The number of fused-ring (bicyclic) bond motifs is 1. The van der Waals surface area contributed by atoms with E-state index in [4.69, 9.17) is 0 Å². The molecule has 98 valence electrons. The van der Waals surface area contributed by atoms with Crippen molar-refractivity contribution in [2.75, 3.05) is 0 Å². The SMILES string of the molecule is [I-].[I-].c1cc[n+](Cc2cc[n+]3ccccc3c2)cc1. The molecule has 2 nitrogen and oxygen atoms in total. The molecular weight excluding hydrogens is 462 g/mol. The maximum atomic E-state index is 2.22. The zero-order chi connectivity index (χ0) is 11.5. The predicted octanol–water partition coefficient (Wildman–Crippen LogP) is -4.23. The van der Waals surface area contributed by atoms with Crippen molar-refractivity contribution in [3.05, 3.63) is 78.9 Å². The molecule has 0 bridgehead atoms. The van der Waals surface area contributed by atoms with Gasteiger partial charge in [-0.25, -0.2) is 4.57 Å². The van der Waals surface area contributed by atoms with Gasteiger partial charge in [0.2, 0.25) is 5.52 Å². The molecule has 0 saturated carbocycles. The molecule has 0 saturated heterocycles. The van der Waals surface area contributed by atoms with E-state index in [1.54, 1.807) is 0 Å². The molecule has 0 N–H and O–H groups in total. The summed E-state index contributed by atoms with van der Waals surface area (Å²) in [6.45, 7) is 0.909. The largest absolute Gasteiger partial charge is 1.00 e. The van der Waals surface area contributed by atoms with E-state index in [2.05, 4.69) is 70.2 Å². The van der Waals surface area contributed by atoms with Crippen LogP contribution < -0.4 is 56.9 Å². The van der Waals surface area contributed by atoms with E-state index >= 15 is 0 Å². The third-order valence-corrected chi connectivity index (χ3v) is 2.85. The van der Waals surface area contributed by atoms with Crippen LogP contribution in [0, 0.1) is 0 Å². The highest BCUT2D eigenvalue weighted by atomic mass is 127. The fraction of sp³-hybridized carbons (Fsp3) is 0.0667. The number of aromatic nitrogens is 2. The Morgan fingerprint density at radius 3 is 2.26 bits per heavy atom. The normalized spacial score (nSPS) is 9.47. The summed E-state index contributed by atoms with van der Waals surface area (Å²) in [5.41, 5.74) is 2.54. The van der Waals surface area contributed by atoms with Crippen molar-refractivity contribution in [3.63, 3.8) is 0 Å². The molecule has 0 aliphatic rings. The van der Waals surface area contributed by atoms with E-state index in [0.717, 1.165) is 6.54 Å². The molecule has 0 aliphatic carbocycles. The van der Waals surface area contributed by atoms with E-state index in [9.17, 15) is 0 Å². The molecular formula is C15H14I2N2. The van der Waals surface area contributed by atoms with Crippen LogP contribution in [-0.2, 0) is 6.54 Å². The van der Waals surface area contributed by atoms with Crippen molar-refractivity contribution in [1.29, 1.82) is 0 Å². The van der Waals surface area contributed by atoms with E-state index in [-0.39, 0.29) is 48.0 Å². The summed E-state index contributed by atoms with van der Waals surface area (Å²) >= 11 is 0. The molecule has 3 rings (SSSR count). The lowest BCUT2D eigenvalue weighted by molar-refractivity contribution is -0.688. The topological polar surface area (TPSA) is 7.98 Å². The summed E-state index contributed by atoms with van der Waals surface area (Å²) in [4.78, 5) is 0. The van der Waals surface area contributed by atoms with Gasteiger partial charge in [-0.05, 0) is 6.07 Å². The zero-order valence-corrected chi connectivity index (χ0v) is 14.6. The van der Waals surface area contributed by atoms with Gasteiger partial charge in [-0.1, -0.05) is 6.07 Å². The van der Waals surface area contributed by atoms with Gasteiger partial charge in [0.1, 0.15) is 0 Å². The fourth-order valence-corrected chi connectivity index (χ4v) is 1.99. The average Bonchev–Trinajstić information content (AvgIpc) is 2.40. The van der Waals surface area contributed by atoms with Gasteiger partial charge in [0.15, 0.2) is 31.3 Å².